The lowest BCUT2D eigenvalue weighted by Crippen LogP contribution is -2.42. The molecule has 0 spiro atoms. The van der Waals surface area contributed by atoms with Crippen LogP contribution in [-0.4, -0.2) is 47.3 Å². The van der Waals surface area contributed by atoms with Crippen LogP contribution in [0.1, 0.15) is 38.6 Å². The third kappa shape index (κ3) is 3.28. The lowest BCUT2D eigenvalue weighted by Gasteiger charge is -2.34. The van der Waals surface area contributed by atoms with Crippen molar-refractivity contribution >= 4 is 0 Å². The van der Waals surface area contributed by atoms with Crippen LogP contribution in [-0.2, 0) is 11.3 Å². The number of hydrogen-bond donors (Lipinski definition) is 1. The van der Waals surface area contributed by atoms with E-state index in [0.29, 0.717) is 24.3 Å². The van der Waals surface area contributed by atoms with Gasteiger partial charge in [-0.2, -0.15) is 4.98 Å². The Morgan fingerprint density at radius 2 is 2.33 bits per heavy atom. The summed E-state index contributed by atoms with van der Waals surface area (Å²) in [5, 5.41) is 7.17. The molecule has 1 aliphatic heterocycles. The molecule has 1 unspecified atom stereocenters. The van der Waals surface area contributed by atoms with E-state index in [2.05, 4.69) is 34.2 Å². The van der Waals surface area contributed by atoms with E-state index < -0.39 is 0 Å². The molecule has 0 aromatic carbocycles. The molecule has 1 aromatic heterocycles. The molecule has 1 aliphatic rings. The summed E-state index contributed by atoms with van der Waals surface area (Å²) in [4.78, 5) is 6.74. The Morgan fingerprint density at radius 3 is 3.06 bits per heavy atom. The summed E-state index contributed by atoms with van der Waals surface area (Å²) in [6.45, 7) is 10.4. The van der Waals surface area contributed by atoms with E-state index in [-0.39, 0.29) is 6.10 Å². The molecule has 2 rings (SSSR count). The first-order valence-electron chi connectivity index (χ1n) is 6.59. The van der Waals surface area contributed by atoms with Crippen molar-refractivity contribution in [3.05, 3.63) is 11.7 Å². The summed E-state index contributed by atoms with van der Waals surface area (Å²) in [5.41, 5.74) is 0. The second-order valence-electron chi connectivity index (χ2n) is 4.77. The quantitative estimate of drug-likeness (QED) is 0.844. The van der Waals surface area contributed by atoms with Crippen molar-refractivity contribution < 1.29 is 9.26 Å². The van der Waals surface area contributed by atoms with Gasteiger partial charge in [0.05, 0.1) is 13.2 Å². The molecule has 1 N–H and O–H groups in total. The lowest BCUT2D eigenvalue weighted by atomic mass is 10.2. The zero-order chi connectivity index (χ0) is 13.0. The molecule has 0 radical (unpaired) electrons. The summed E-state index contributed by atoms with van der Waals surface area (Å²) in [5.74, 6) is 1.28. The van der Waals surface area contributed by atoms with Gasteiger partial charge in [0, 0.05) is 19.1 Å². The van der Waals surface area contributed by atoms with E-state index in [1.165, 1.54) is 0 Å². The van der Waals surface area contributed by atoms with E-state index >= 15 is 0 Å². The lowest BCUT2D eigenvalue weighted by molar-refractivity contribution is -0.0450. The van der Waals surface area contributed by atoms with Gasteiger partial charge in [-0.15, -0.1) is 0 Å². The maximum atomic E-state index is 5.72. The van der Waals surface area contributed by atoms with Gasteiger partial charge in [0.2, 0.25) is 11.7 Å². The molecule has 6 heteroatoms. The van der Waals surface area contributed by atoms with E-state index in [0.717, 1.165) is 26.2 Å². The predicted octanol–water partition coefficient (Wildman–Crippen LogP) is 0.961. The van der Waals surface area contributed by atoms with E-state index in [1.54, 1.807) is 0 Å². The van der Waals surface area contributed by atoms with Crippen LogP contribution in [0.15, 0.2) is 4.52 Å². The maximum absolute atomic E-state index is 5.72. The summed E-state index contributed by atoms with van der Waals surface area (Å²) in [6, 6.07) is 0.518. The van der Waals surface area contributed by atoms with E-state index in [9.17, 15) is 0 Å². The third-order valence-electron chi connectivity index (χ3n) is 3.13. The van der Waals surface area contributed by atoms with Gasteiger partial charge in [0.1, 0.15) is 6.10 Å². The van der Waals surface area contributed by atoms with E-state index in [1.807, 2.05) is 6.92 Å². The van der Waals surface area contributed by atoms with Crippen LogP contribution in [0.25, 0.3) is 0 Å². The van der Waals surface area contributed by atoms with Crippen molar-refractivity contribution in [1.82, 2.24) is 20.4 Å². The number of nitrogens with one attached hydrogen (secondary N) is 1. The second kappa shape index (κ2) is 6.26. The van der Waals surface area contributed by atoms with Crippen molar-refractivity contribution in [3.8, 4) is 0 Å². The van der Waals surface area contributed by atoms with Crippen molar-refractivity contribution in [2.75, 3.05) is 26.2 Å². The molecule has 18 heavy (non-hydrogen) atoms. The normalized spacial score (nSPS) is 21.7. The number of nitrogens with zero attached hydrogens (tertiary/aromatic N) is 3. The molecule has 0 aliphatic carbocycles. The largest absolute Gasteiger partial charge is 0.367 e. The fourth-order valence-corrected chi connectivity index (χ4v) is 2.00. The Morgan fingerprint density at radius 1 is 1.50 bits per heavy atom. The predicted molar refractivity (Wildman–Crippen MR) is 67.1 cm³/mol. The number of hydrogen-bond acceptors (Lipinski definition) is 6. The molecule has 1 saturated heterocycles. The molecule has 2 heterocycles. The summed E-state index contributed by atoms with van der Waals surface area (Å²) >= 11 is 0. The molecule has 0 amide bonds. The van der Waals surface area contributed by atoms with Gasteiger partial charge in [0.15, 0.2) is 0 Å². The van der Waals surface area contributed by atoms with Crippen LogP contribution < -0.4 is 5.32 Å². The smallest absolute Gasteiger partial charge is 0.240 e. The monoisotopic (exact) mass is 254 g/mol. The Bertz CT molecular complexity index is 367. The summed E-state index contributed by atoms with van der Waals surface area (Å²) in [6.07, 6.45) is -0.0692. The number of morpholine rings is 1. The fourth-order valence-electron chi connectivity index (χ4n) is 2.00. The minimum atomic E-state index is -0.0692. The Balaban J connectivity index is 1.95. The third-order valence-corrected chi connectivity index (χ3v) is 3.13. The van der Waals surface area contributed by atoms with Crippen LogP contribution in [0, 0.1) is 0 Å². The standard InChI is InChI=1S/C12H22N4O2/c1-4-13-7-11-14-12(15-18-11)10-8-16(9(2)3)5-6-17-10/h9-10,13H,4-8H2,1-3H3. The van der Waals surface area contributed by atoms with Crippen molar-refractivity contribution in [2.24, 2.45) is 0 Å². The molecule has 6 nitrogen and oxygen atoms in total. The average molecular weight is 254 g/mol. The van der Waals surface area contributed by atoms with Gasteiger partial charge >= 0.3 is 0 Å². The van der Waals surface area contributed by atoms with Crippen molar-refractivity contribution in [2.45, 2.75) is 39.5 Å². The maximum Gasteiger partial charge on any atom is 0.240 e. The van der Waals surface area contributed by atoms with Crippen LogP contribution in [0.3, 0.4) is 0 Å². The average Bonchev–Trinajstić information content (AvgIpc) is 2.85. The van der Waals surface area contributed by atoms with Crippen LogP contribution >= 0.6 is 0 Å². The molecule has 0 bridgehead atoms. The molecule has 1 atom stereocenters. The van der Waals surface area contributed by atoms with Gasteiger partial charge in [-0.25, -0.2) is 0 Å². The van der Waals surface area contributed by atoms with Gasteiger partial charge < -0.3 is 14.6 Å². The van der Waals surface area contributed by atoms with Crippen LogP contribution in [0.2, 0.25) is 0 Å². The highest BCUT2D eigenvalue weighted by Gasteiger charge is 2.27. The van der Waals surface area contributed by atoms with Crippen LogP contribution in [0.4, 0.5) is 0 Å². The highest BCUT2D eigenvalue weighted by molar-refractivity contribution is 4.94. The topological polar surface area (TPSA) is 63.4 Å². The first kappa shape index (κ1) is 13.5. The number of aromatic nitrogens is 2. The van der Waals surface area contributed by atoms with Crippen molar-refractivity contribution in [1.29, 1.82) is 0 Å². The minimum absolute atomic E-state index is 0.0692. The SMILES string of the molecule is CCNCc1nc(C2CN(C(C)C)CCO2)no1. The van der Waals surface area contributed by atoms with Gasteiger partial charge in [-0.05, 0) is 20.4 Å². The number of rotatable bonds is 5. The fraction of sp³-hybridized carbons (Fsp3) is 0.833. The molecular formula is C12H22N4O2. The van der Waals surface area contributed by atoms with E-state index in [4.69, 9.17) is 9.26 Å². The molecule has 0 saturated carbocycles. The van der Waals surface area contributed by atoms with Gasteiger partial charge in [-0.1, -0.05) is 12.1 Å². The first-order chi connectivity index (χ1) is 8.70. The second-order valence-corrected chi connectivity index (χ2v) is 4.77. The zero-order valence-electron chi connectivity index (χ0n) is 11.3. The highest BCUT2D eigenvalue weighted by atomic mass is 16.5. The zero-order valence-corrected chi connectivity index (χ0v) is 11.3. The first-order valence-corrected chi connectivity index (χ1v) is 6.59. The molecule has 102 valence electrons. The molecule has 1 aromatic rings. The Labute approximate surface area is 108 Å². The Hall–Kier alpha value is -0.980. The van der Waals surface area contributed by atoms with Crippen molar-refractivity contribution in [3.63, 3.8) is 0 Å². The number of ether oxygens (including phenoxy) is 1. The highest BCUT2D eigenvalue weighted by Crippen LogP contribution is 2.20. The summed E-state index contributed by atoms with van der Waals surface area (Å²) < 4.78 is 10.9. The van der Waals surface area contributed by atoms with Gasteiger partial charge in [0.25, 0.3) is 0 Å². The molecule has 1 fully saturated rings. The minimum Gasteiger partial charge on any atom is -0.367 e. The van der Waals surface area contributed by atoms with Gasteiger partial charge in [-0.3, -0.25) is 4.90 Å². The summed E-state index contributed by atoms with van der Waals surface area (Å²) in [7, 11) is 0. The molecular weight excluding hydrogens is 232 g/mol. The van der Waals surface area contributed by atoms with Crippen LogP contribution in [0.5, 0.6) is 0 Å². The Kier molecular flexibility index (Phi) is 4.68.